The first-order valence-electron chi connectivity index (χ1n) is 9.69. The summed E-state index contributed by atoms with van der Waals surface area (Å²) in [6.07, 6.45) is 0. The number of hydrogen-bond acceptors (Lipinski definition) is 3. The molecule has 0 unspecified atom stereocenters. The summed E-state index contributed by atoms with van der Waals surface area (Å²) in [5, 5.41) is 2.12. The second-order valence-corrected chi connectivity index (χ2v) is 9.03. The van der Waals surface area contributed by atoms with Crippen LogP contribution in [0.5, 0.6) is 5.75 Å². The lowest BCUT2D eigenvalue weighted by Gasteiger charge is -2.25. The zero-order valence-corrected chi connectivity index (χ0v) is 17.8. The van der Waals surface area contributed by atoms with Crippen LogP contribution >= 0.6 is 0 Å². The van der Waals surface area contributed by atoms with E-state index in [2.05, 4.69) is 0 Å². The van der Waals surface area contributed by atoms with Crippen LogP contribution in [-0.4, -0.2) is 15.5 Å². The molecule has 0 aliphatic rings. The molecule has 0 N–H and O–H groups in total. The molecule has 4 nitrogen and oxygen atoms in total. The predicted molar refractivity (Wildman–Crippen MR) is 121 cm³/mol. The topological polar surface area (TPSA) is 46.6 Å². The average Bonchev–Trinajstić information content (AvgIpc) is 2.77. The largest absolute Gasteiger partial charge is 0.497 e. The van der Waals surface area contributed by atoms with Crippen LogP contribution in [0.15, 0.2) is 95.9 Å². The summed E-state index contributed by atoms with van der Waals surface area (Å²) in [7, 11) is -2.18. The summed E-state index contributed by atoms with van der Waals surface area (Å²) in [6.45, 7) is 2.12. The second kappa shape index (κ2) is 8.20. The van der Waals surface area contributed by atoms with Crippen LogP contribution < -0.4 is 9.04 Å². The summed E-state index contributed by atoms with van der Waals surface area (Å²) < 4.78 is 34.1. The molecule has 0 amide bonds. The van der Waals surface area contributed by atoms with E-state index in [0.717, 1.165) is 21.9 Å². The Hall–Kier alpha value is -3.31. The maximum Gasteiger partial charge on any atom is 0.264 e. The third kappa shape index (κ3) is 3.89. The Morgan fingerprint density at radius 1 is 0.833 bits per heavy atom. The first-order valence-corrected chi connectivity index (χ1v) is 11.1. The highest BCUT2D eigenvalue weighted by Gasteiger charge is 2.26. The van der Waals surface area contributed by atoms with Crippen LogP contribution in [-0.2, 0) is 16.6 Å². The zero-order valence-electron chi connectivity index (χ0n) is 16.9. The molecule has 0 radical (unpaired) electrons. The lowest BCUT2D eigenvalue weighted by Crippen LogP contribution is -2.30. The number of aryl methyl sites for hydroxylation is 1. The third-order valence-corrected chi connectivity index (χ3v) is 6.90. The van der Waals surface area contributed by atoms with Gasteiger partial charge in [-0.1, -0.05) is 54.6 Å². The van der Waals surface area contributed by atoms with E-state index < -0.39 is 10.0 Å². The number of fused-ring (bicyclic) bond motifs is 1. The summed E-state index contributed by atoms with van der Waals surface area (Å²) in [4.78, 5) is 0.276. The highest BCUT2D eigenvalue weighted by Crippen LogP contribution is 2.30. The van der Waals surface area contributed by atoms with E-state index in [-0.39, 0.29) is 11.4 Å². The molecule has 4 aromatic carbocycles. The van der Waals surface area contributed by atoms with Crippen molar-refractivity contribution in [2.24, 2.45) is 0 Å². The first kappa shape index (κ1) is 20.0. The highest BCUT2D eigenvalue weighted by molar-refractivity contribution is 7.92. The Morgan fingerprint density at radius 2 is 1.53 bits per heavy atom. The number of ether oxygens (including phenoxy) is 1. The van der Waals surface area contributed by atoms with Gasteiger partial charge in [-0.3, -0.25) is 4.31 Å². The van der Waals surface area contributed by atoms with Gasteiger partial charge in [-0.2, -0.15) is 0 Å². The molecule has 0 saturated carbocycles. The molecule has 0 aliphatic carbocycles. The Labute approximate surface area is 177 Å². The molecule has 0 bridgehead atoms. The fraction of sp³-hybridized carbons (Fsp3) is 0.120. The zero-order chi connectivity index (χ0) is 21.1. The van der Waals surface area contributed by atoms with E-state index >= 15 is 0 Å². The van der Waals surface area contributed by atoms with Crippen molar-refractivity contribution in [1.29, 1.82) is 0 Å². The van der Waals surface area contributed by atoms with Gasteiger partial charge in [0.1, 0.15) is 5.75 Å². The Bertz CT molecular complexity index is 1280. The maximum absolute atomic E-state index is 13.7. The van der Waals surface area contributed by atoms with Gasteiger partial charge < -0.3 is 4.74 Å². The fourth-order valence-corrected chi connectivity index (χ4v) is 5.10. The van der Waals surface area contributed by atoms with E-state index in [1.165, 1.54) is 4.31 Å². The van der Waals surface area contributed by atoms with E-state index in [0.29, 0.717) is 11.4 Å². The van der Waals surface area contributed by atoms with Gasteiger partial charge in [0.05, 0.1) is 24.2 Å². The number of benzene rings is 4. The van der Waals surface area contributed by atoms with Crippen molar-refractivity contribution in [3.05, 3.63) is 102 Å². The van der Waals surface area contributed by atoms with Gasteiger partial charge in [0.15, 0.2) is 0 Å². The van der Waals surface area contributed by atoms with Crippen molar-refractivity contribution in [3.63, 3.8) is 0 Å². The molecular formula is C25H23NO3S. The van der Waals surface area contributed by atoms with Gasteiger partial charge in [0.25, 0.3) is 10.0 Å². The van der Waals surface area contributed by atoms with Crippen LogP contribution in [0.3, 0.4) is 0 Å². The molecule has 0 atom stereocenters. The molecule has 30 heavy (non-hydrogen) atoms. The molecule has 152 valence electrons. The van der Waals surface area contributed by atoms with Crippen molar-refractivity contribution in [1.82, 2.24) is 0 Å². The summed E-state index contributed by atoms with van der Waals surface area (Å²) in [6, 6.07) is 28.1. The number of rotatable bonds is 6. The SMILES string of the molecule is COc1ccc(N(Cc2cccc3ccccc23)S(=O)(=O)c2cccc(C)c2)cc1. The molecule has 0 saturated heterocycles. The van der Waals surface area contributed by atoms with Gasteiger partial charge in [-0.05, 0) is 65.2 Å². The minimum Gasteiger partial charge on any atom is -0.497 e. The number of methoxy groups -OCH3 is 1. The Morgan fingerprint density at radius 3 is 2.27 bits per heavy atom. The average molecular weight is 418 g/mol. The number of anilines is 1. The van der Waals surface area contributed by atoms with Crippen LogP contribution in [0, 0.1) is 6.92 Å². The maximum atomic E-state index is 13.7. The minimum absolute atomic E-state index is 0.226. The van der Waals surface area contributed by atoms with Crippen LogP contribution in [0.2, 0.25) is 0 Å². The molecule has 0 aliphatic heterocycles. The number of sulfonamides is 1. The minimum atomic E-state index is -3.77. The predicted octanol–water partition coefficient (Wildman–Crippen LogP) is 5.55. The quantitative estimate of drug-likeness (QED) is 0.413. The summed E-state index contributed by atoms with van der Waals surface area (Å²) in [5.41, 5.74) is 2.43. The molecular weight excluding hydrogens is 394 g/mol. The molecule has 5 heteroatoms. The number of nitrogens with zero attached hydrogens (tertiary/aromatic N) is 1. The number of hydrogen-bond donors (Lipinski definition) is 0. The first-order chi connectivity index (χ1) is 14.5. The second-order valence-electron chi connectivity index (χ2n) is 7.16. The van der Waals surface area contributed by atoms with Crippen molar-refractivity contribution < 1.29 is 13.2 Å². The van der Waals surface area contributed by atoms with Crippen molar-refractivity contribution in [3.8, 4) is 5.75 Å². The molecule has 0 aromatic heterocycles. The van der Waals surface area contributed by atoms with E-state index in [1.54, 1.807) is 49.6 Å². The summed E-state index contributed by atoms with van der Waals surface area (Å²) in [5.74, 6) is 0.678. The van der Waals surface area contributed by atoms with E-state index in [4.69, 9.17) is 4.74 Å². The van der Waals surface area contributed by atoms with Gasteiger partial charge in [0, 0.05) is 0 Å². The van der Waals surface area contributed by atoms with Crippen LogP contribution in [0.4, 0.5) is 5.69 Å². The normalized spacial score (nSPS) is 11.4. The highest BCUT2D eigenvalue weighted by atomic mass is 32.2. The molecule has 4 rings (SSSR count). The van der Waals surface area contributed by atoms with Crippen molar-refractivity contribution in [2.45, 2.75) is 18.4 Å². The summed E-state index contributed by atoms with van der Waals surface area (Å²) >= 11 is 0. The van der Waals surface area contributed by atoms with Gasteiger partial charge in [-0.25, -0.2) is 8.42 Å². The van der Waals surface area contributed by atoms with E-state index in [9.17, 15) is 8.42 Å². The lowest BCUT2D eigenvalue weighted by atomic mass is 10.0. The standard InChI is InChI=1S/C25H23NO3S/c1-19-7-5-11-24(17-19)30(27,28)26(22-13-15-23(29-2)16-14-22)18-21-10-6-9-20-8-3-4-12-25(20)21/h3-17H,18H2,1-2H3. The third-order valence-electron chi connectivity index (χ3n) is 5.13. The monoisotopic (exact) mass is 417 g/mol. The molecule has 4 aromatic rings. The lowest BCUT2D eigenvalue weighted by molar-refractivity contribution is 0.415. The van der Waals surface area contributed by atoms with Crippen LogP contribution in [0.1, 0.15) is 11.1 Å². The smallest absolute Gasteiger partial charge is 0.264 e. The molecule has 0 heterocycles. The van der Waals surface area contributed by atoms with Crippen molar-refractivity contribution >= 4 is 26.5 Å². The van der Waals surface area contributed by atoms with Crippen molar-refractivity contribution in [2.75, 3.05) is 11.4 Å². The van der Waals surface area contributed by atoms with Gasteiger partial charge >= 0.3 is 0 Å². The molecule has 0 fully saturated rings. The Kier molecular flexibility index (Phi) is 5.46. The van der Waals surface area contributed by atoms with E-state index in [1.807, 2.05) is 55.5 Å². The van der Waals surface area contributed by atoms with Gasteiger partial charge in [-0.15, -0.1) is 0 Å². The van der Waals surface area contributed by atoms with Gasteiger partial charge in [0.2, 0.25) is 0 Å². The fourth-order valence-electron chi connectivity index (χ4n) is 3.55. The molecule has 0 spiro atoms. The Balaban J connectivity index is 1.85. The van der Waals surface area contributed by atoms with Crippen LogP contribution in [0.25, 0.3) is 10.8 Å².